The summed E-state index contributed by atoms with van der Waals surface area (Å²) < 4.78 is 13.3. The molecule has 1 unspecified atom stereocenters. The zero-order valence-electron chi connectivity index (χ0n) is 15.3. The molecule has 1 amide bonds. The van der Waals surface area contributed by atoms with Crippen LogP contribution in [0.5, 0.6) is 0 Å². The molecular formula is C22H28FNO2. The molecule has 1 aromatic rings. The van der Waals surface area contributed by atoms with E-state index in [1.807, 2.05) is 0 Å². The molecule has 26 heavy (non-hydrogen) atoms. The Hall–Kier alpha value is -1.71. The average Bonchev–Trinajstić information content (AvgIpc) is 3.14. The summed E-state index contributed by atoms with van der Waals surface area (Å²) in [5, 5.41) is 3.30. The SMILES string of the molecule is O=C(N[C@H](c1ccc(F)cc1)C1CCCC1)C1C[C@H]2CCC[C@@H](C1)C2=O. The normalized spacial score (nSPS) is 30.2. The number of carbonyl (C=O) groups excluding carboxylic acids is 2. The summed E-state index contributed by atoms with van der Waals surface area (Å²) in [5.41, 5.74) is 0.999. The quantitative estimate of drug-likeness (QED) is 0.858. The molecule has 3 nitrogen and oxygen atoms in total. The number of rotatable bonds is 4. The fourth-order valence-corrected chi connectivity index (χ4v) is 5.40. The van der Waals surface area contributed by atoms with Gasteiger partial charge in [0.05, 0.1) is 6.04 Å². The van der Waals surface area contributed by atoms with Gasteiger partial charge in [0.1, 0.15) is 11.6 Å². The van der Waals surface area contributed by atoms with E-state index in [9.17, 15) is 14.0 Å². The highest BCUT2D eigenvalue weighted by atomic mass is 19.1. The Kier molecular flexibility index (Phi) is 5.10. The van der Waals surface area contributed by atoms with Gasteiger partial charge in [-0.25, -0.2) is 4.39 Å². The number of hydrogen-bond acceptors (Lipinski definition) is 2. The molecule has 0 heterocycles. The molecule has 1 aromatic carbocycles. The molecule has 1 N–H and O–H groups in total. The van der Waals surface area contributed by atoms with Crippen molar-refractivity contribution in [2.75, 3.05) is 0 Å². The summed E-state index contributed by atoms with van der Waals surface area (Å²) in [7, 11) is 0. The van der Waals surface area contributed by atoms with Crippen LogP contribution < -0.4 is 5.32 Å². The van der Waals surface area contributed by atoms with Gasteiger partial charge in [0.2, 0.25) is 5.91 Å². The van der Waals surface area contributed by atoms with Crippen molar-refractivity contribution in [3.05, 3.63) is 35.6 Å². The fourth-order valence-electron chi connectivity index (χ4n) is 5.40. The highest BCUT2D eigenvalue weighted by Crippen LogP contribution is 2.41. The van der Waals surface area contributed by atoms with E-state index in [1.54, 1.807) is 12.1 Å². The number of ketones is 1. The Bertz CT molecular complexity index is 649. The predicted octanol–water partition coefficient (Wildman–Crippen LogP) is 4.57. The van der Waals surface area contributed by atoms with E-state index in [0.717, 1.165) is 37.7 Å². The predicted molar refractivity (Wildman–Crippen MR) is 97.8 cm³/mol. The first-order chi connectivity index (χ1) is 12.6. The van der Waals surface area contributed by atoms with Crippen molar-refractivity contribution in [2.45, 2.75) is 63.8 Å². The van der Waals surface area contributed by atoms with Crippen molar-refractivity contribution in [2.24, 2.45) is 23.7 Å². The standard InChI is InChI=1S/C22H28FNO2/c23-19-10-8-15(9-11-19)20(14-4-1-2-5-14)24-22(26)18-12-16-6-3-7-17(13-18)21(16)25/h8-11,14,16-18,20H,1-7,12-13H2,(H,24,26)/t16-,17+,18?,20-/m0/s1. The van der Waals surface area contributed by atoms with Crippen LogP contribution in [0, 0.1) is 29.5 Å². The summed E-state index contributed by atoms with van der Waals surface area (Å²) in [6.07, 6.45) is 9.04. The third-order valence-corrected chi connectivity index (χ3v) is 6.82. The van der Waals surface area contributed by atoms with Gasteiger partial charge in [-0.15, -0.1) is 0 Å². The van der Waals surface area contributed by atoms with Gasteiger partial charge in [-0.2, -0.15) is 0 Å². The lowest BCUT2D eigenvalue weighted by Crippen LogP contribution is -2.44. The van der Waals surface area contributed by atoms with Gasteiger partial charge in [-0.3, -0.25) is 9.59 Å². The molecule has 4 heteroatoms. The van der Waals surface area contributed by atoms with E-state index in [2.05, 4.69) is 5.32 Å². The van der Waals surface area contributed by atoms with Crippen LogP contribution in [0.4, 0.5) is 4.39 Å². The van der Waals surface area contributed by atoms with Crippen LogP contribution in [0.15, 0.2) is 24.3 Å². The molecule has 140 valence electrons. The van der Waals surface area contributed by atoms with Gasteiger partial charge < -0.3 is 5.32 Å². The number of fused-ring (bicyclic) bond motifs is 2. The Morgan fingerprint density at radius 1 is 0.962 bits per heavy atom. The van der Waals surface area contributed by atoms with Gasteiger partial charge in [-0.05, 0) is 62.1 Å². The van der Waals surface area contributed by atoms with Crippen LogP contribution in [0.1, 0.15) is 69.4 Å². The van der Waals surface area contributed by atoms with Crippen LogP contribution in [-0.2, 0) is 9.59 Å². The maximum Gasteiger partial charge on any atom is 0.223 e. The lowest BCUT2D eigenvalue weighted by molar-refractivity contribution is -0.138. The maximum atomic E-state index is 13.3. The Morgan fingerprint density at radius 2 is 1.58 bits per heavy atom. The molecule has 3 aliphatic carbocycles. The number of nitrogens with one attached hydrogen (secondary N) is 1. The molecular weight excluding hydrogens is 329 g/mol. The van der Waals surface area contributed by atoms with Crippen LogP contribution in [0.3, 0.4) is 0 Å². The van der Waals surface area contributed by atoms with Crippen molar-refractivity contribution in [1.29, 1.82) is 0 Å². The first-order valence-corrected chi connectivity index (χ1v) is 10.2. The molecule has 3 aliphatic rings. The van der Waals surface area contributed by atoms with Gasteiger partial charge in [-0.1, -0.05) is 31.4 Å². The van der Waals surface area contributed by atoms with E-state index in [-0.39, 0.29) is 35.5 Å². The molecule has 3 saturated carbocycles. The Morgan fingerprint density at radius 3 is 2.19 bits per heavy atom. The van der Waals surface area contributed by atoms with Gasteiger partial charge in [0.25, 0.3) is 0 Å². The molecule has 0 aromatic heterocycles. The second kappa shape index (κ2) is 7.50. The molecule has 0 saturated heterocycles. The number of Topliss-reactive ketones (excluding diaryl/α,β-unsaturated/α-hetero) is 1. The number of hydrogen-bond donors (Lipinski definition) is 1. The largest absolute Gasteiger partial charge is 0.349 e. The minimum absolute atomic E-state index is 0.0388. The van der Waals surface area contributed by atoms with E-state index in [0.29, 0.717) is 24.5 Å². The molecule has 0 spiro atoms. The average molecular weight is 357 g/mol. The Labute approximate surface area is 154 Å². The topological polar surface area (TPSA) is 46.2 Å². The summed E-state index contributed by atoms with van der Waals surface area (Å²) in [6, 6.07) is 6.53. The molecule has 0 radical (unpaired) electrons. The highest BCUT2D eigenvalue weighted by Gasteiger charge is 2.42. The smallest absolute Gasteiger partial charge is 0.223 e. The second-order valence-electron chi connectivity index (χ2n) is 8.48. The minimum Gasteiger partial charge on any atom is -0.349 e. The van der Waals surface area contributed by atoms with Crippen LogP contribution in [0.25, 0.3) is 0 Å². The van der Waals surface area contributed by atoms with Crippen LogP contribution >= 0.6 is 0 Å². The van der Waals surface area contributed by atoms with Crippen molar-refractivity contribution in [1.82, 2.24) is 5.32 Å². The third-order valence-electron chi connectivity index (χ3n) is 6.82. The molecule has 4 atom stereocenters. The second-order valence-corrected chi connectivity index (χ2v) is 8.48. The van der Waals surface area contributed by atoms with Gasteiger partial charge in [0, 0.05) is 17.8 Å². The van der Waals surface area contributed by atoms with E-state index >= 15 is 0 Å². The summed E-state index contributed by atoms with van der Waals surface area (Å²) >= 11 is 0. The van der Waals surface area contributed by atoms with Gasteiger partial charge >= 0.3 is 0 Å². The monoisotopic (exact) mass is 357 g/mol. The van der Waals surface area contributed by atoms with E-state index < -0.39 is 0 Å². The van der Waals surface area contributed by atoms with Crippen LogP contribution in [0.2, 0.25) is 0 Å². The molecule has 4 rings (SSSR count). The summed E-state index contributed by atoms with van der Waals surface area (Å²) in [6.45, 7) is 0. The van der Waals surface area contributed by atoms with Crippen LogP contribution in [-0.4, -0.2) is 11.7 Å². The zero-order valence-corrected chi connectivity index (χ0v) is 15.3. The lowest BCUT2D eigenvalue weighted by Gasteiger charge is -2.38. The number of benzene rings is 1. The molecule has 0 aliphatic heterocycles. The maximum absolute atomic E-state index is 13.3. The van der Waals surface area contributed by atoms with Gasteiger partial charge in [0.15, 0.2) is 0 Å². The Balaban J connectivity index is 1.49. The zero-order chi connectivity index (χ0) is 18.1. The van der Waals surface area contributed by atoms with E-state index in [4.69, 9.17) is 0 Å². The van der Waals surface area contributed by atoms with E-state index in [1.165, 1.54) is 25.0 Å². The number of halogens is 1. The van der Waals surface area contributed by atoms with Crippen molar-refractivity contribution >= 4 is 11.7 Å². The lowest BCUT2D eigenvalue weighted by atomic mass is 9.67. The molecule has 2 bridgehead atoms. The highest BCUT2D eigenvalue weighted by molar-refractivity contribution is 5.88. The van der Waals surface area contributed by atoms with Crippen molar-refractivity contribution < 1.29 is 14.0 Å². The molecule has 3 fully saturated rings. The van der Waals surface area contributed by atoms with Crippen molar-refractivity contribution in [3.8, 4) is 0 Å². The number of carbonyl (C=O) groups is 2. The number of amides is 1. The third kappa shape index (κ3) is 3.56. The first kappa shape index (κ1) is 17.7. The van der Waals surface area contributed by atoms with Crippen molar-refractivity contribution in [3.63, 3.8) is 0 Å². The fraction of sp³-hybridized carbons (Fsp3) is 0.636. The minimum atomic E-state index is -0.246. The first-order valence-electron chi connectivity index (χ1n) is 10.2. The summed E-state index contributed by atoms with van der Waals surface area (Å²) in [5.74, 6) is 0.801. The summed E-state index contributed by atoms with van der Waals surface area (Å²) in [4.78, 5) is 25.3.